The second-order valence-electron chi connectivity index (χ2n) is 7.33. The standard InChI is InChI=1S/C20H30N4O4/c1-27-17-11-16(12-18(13-17)28-2)22-15-6-9-24(10-7-15)20(26)21-8-5-14-3-4-19(25)23-14/h11-15,22H,3-10H2,1-2H3,(H,21,26)(H,23,25). The summed E-state index contributed by atoms with van der Waals surface area (Å²) in [7, 11) is 3.27. The van der Waals surface area contributed by atoms with Crippen LogP contribution in [0, 0.1) is 0 Å². The lowest BCUT2D eigenvalue weighted by Crippen LogP contribution is -2.47. The number of hydrogen-bond donors (Lipinski definition) is 3. The third-order valence-electron chi connectivity index (χ3n) is 5.36. The largest absolute Gasteiger partial charge is 0.497 e. The van der Waals surface area contributed by atoms with Crippen molar-refractivity contribution in [3.8, 4) is 11.5 Å². The molecule has 1 aromatic carbocycles. The summed E-state index contributed by atoms with van der Waals surface area (Å²) >= 11 is 0. The van der Waals surface area contributed by atoms with Crippen molar-refractivity contribution in [2.45, 2.75) is 44.2 Å². The first kappa shape index (κ1) is 20.1. The van der Waals surface area contributed by atoms with Gasteiger partial charge < -0.3 is 30.3 Å². The molecule has 0 radical (unpaired) electrons. The fraction of sp³-hybridized carbons (Fsp3) is 0.600. The molecule has 8 heteroatoms. The van der Waals surface area contributed by atoms with Crippen LogP contribution in [-0.2, 0) is 4.79 Å². The number of methoxy groups -OCH3 is 2. The molecular weight excluding hydrogens is 360 g/mol. The Labute approximate surface area is 165 Å². The zero-order valence-electron chi connectivity index (χ0n) is 16.6. The Balaban J connectivity index is 1.40. The van der Waals surface area contributed by atoms with E-state index in [1.807, 2.05) is 23.1 Å². The number of nitrogens with zero attached hydrogens (tertiary/aromatic N) is 1. The van der Waals surface area contributed by atoms with E-state index in [0.29, 0.717) is 32.1 Å². The quantitative estimate of drug-likeness (QED) is 0.662. The van der Waals surface area contributed by atoms with E-state index in [9.17, 15) is 9.59 Å². The lowest BCUT2D eigenvalue weighted by Gasteiger charge is -2.33. The van der Waals surface area contributed by atoms with Crippen LogP contribution < -0.4 is 25.4 Å². The van der Waals surface area contributed by atoms with Gasteiger partial charge in [0.2, 0.25) is 5.91 Å². The number of rotatable bonds is 7. The number of piperidine rings is 1. The van der Waals surface area contributed by atoms with Crippen molar-refractivity contribution in [1.82, 2.24) is 15.5 Å². The Morgan fingerprint density at radius 3 is 2.39 bits per heavy atom. The van der Waals surface area contributed by atoms with Crippen molar-refractivity contribution < 1.29 is 19.1 Å². The third kappa shape index (κ3) is 5.43. The number of anilines is 1. The van der Waals surface area contributed by atoms with E-state index in [1.54, 1.807) is 14.2 Å². The summed E-state index contributed by atoms with van der Waals surface area (Å²) in [6.07, 6.45) is 4.00. The van der Waals surface area contributed by atoms with Crippen LogP contribution in [0.5, 0.6) is 11.5 Å². The first-order valence-electron chi connectivity index (χ1n) is 9.89. The monoisotopic (exact) mass is 390 g/mol. The minimum Gasteiger partial charge on any atom is -0.497 e. The van der Waals surface area contributed by atoms with Crippen LogP contribution in [0.15, 0.2) is 18.2 Å². The van der Waals surface area contributed by atoms with Gasteiger partial charge in [0.25, 0.3) is 0 Å². The van der Waals surface area contributed by atoms with Crippen molar-refractivity contribution >= 4 is 17.6 Å². The second kappa shape index (κ2) is 9.52. The number of carbonyl (C=O) groups is 2. The first-order chi connectivity index (χ1) is 13.6. The van der Waals surface area contributed by atoms with E-state index < -0.39 is 0 Å². The molecule has 28 heavy (non-hydrogen) atoms. The Bertz CT molecular complexity index is 667. The van der Waals surface area contributed by atoms with Crippen LogP contribution >= 0.6 is 0 Å². The lowest BCUT2D eigenvalue weighted by molar-refractivity contribution is -0.119. The van der Waals surface area contributed by atoms with Crippen LogP contribution in [-0.4, -0.2) is 62.8 Å². The van der Waals surface area contributed by atoms with Gasteiger partial charge in [0.05, 0.1) is 14.2 Å². The topological polar surface area (TPSA) is 91.9 Å². The van der Waals surface area contributed by atoms with Crippen LogP contribution in [0.4, 0.5) is 10.5 Å². The molecule has 2 saturated heterocycles. The van der Waals surface area contributed by atoms with Crippen molar-refractivity contribution in [3.05, 3.63) is 18.2 Å². The van der Waals surface area contributed by atoms with Gasteiger partial charge in [-0.15, -0.1) is 0 Å². The van der Waals surface area contributed by atoms with Crippen molar-refractivity contribution in [3.63, 3.8) is 0 Å². The highest BCUT2D eigenvalue weighted by atomic mass is 16.5. The zero-order valence-corrected chi connectivity index (χ0v) is 16.6. The Morgan fingerprint density at radius 1 is 1.14 bits per heavy atom. The maximum atomic E-state index is 12.3. The number of hydrogen-bond acceptors (Lipinski definition) is 5. The normalized spacial score (nSPS) is 19.9. The highest BCUT2D eigenvalue weighted by Crippen LogP contribution is 2.27. The molecule has 1 atom stereocenters. The molecule has 0 aliphatic carbocycles. The second-order valence-corrected chi connectivity index (χ2v) is 7.33. The van der Waals surface area contributed by atoms with Gasteiger partial charge in [-0.3, -0.25) is 4.79 Å². The lowest BCUT2D eigenvalue weighted by atomic mass is 10.0. The fourth-order valence-electron chi connectivity index (χ4n) is 3.71. The Morgan fingerprint density at radius 2 is 1.82 bits per heavy atom. The van der Waals surface area contributed by atoms with Gasteiger partial charge in [-0.1, -0.05) is 0 Å². The summed E-state index contributed by atoms with van der Waals surface area (Å²) in [5.41, 5.74) is 0.956. The molecule has 0 saturated carbocycles. The van der Waals surface area contributed by atoms with Crippen molar-refractivity contribution in [2.75, 3.05) is 39.2 Å². The summed E-state index contributed by atoms with van der Waals surface area (Å²) in [6, 6.07) is 6.21. The molecule has 3 rings (SSSR count). The summed E-state index contributed by atoms with van der Waals surface area (Å²) in [4.78, 5) is 25.4. The average Bonchev–Trinajstić information content (AvgIpc) is 3.13. The molecule has 1 unspecified atom stereocenters. The molecule has 2 aliphatic heterocycles. The predicted octanol–water partition coefficient (Wildman–Crippen LogP) is 1.96. The van der Waals surface area contributed by atoms with Crippen LogP contribution in [0.2, 0.25) is 0 Å². The molecule has 0 spiro atoms. The van der Waals surface area contributed by atoms with Crippen LogP contribution in [0.1, 0.15) is 32.1 Å². The van der Waals surface area contributed by atoms with Gasteiger partial charge in [0.15, 0.2) is 0 Å². The average molecular weight is 390 g/mol. The van der Waals surface area contributed by atoms with Crippen LogP contribution in [0.25, 0.3) is 0 Å². The van der Waals surface area contributed by atoms with E-state index in [-0.39, 0.29) is 18.0 Å². The smallest absolute Gasteiger partial charge is 0.317 e. The number of carbonyl (C=O) groups excluding carboxylic acids is 2. The van der Waals surface area contributed by atoms with Gasteiger partial charge in [-0.2, -0.15) is 0 Å². The number of benzene rings is 1. The van der Waals surface area contributed by atoms with E-state index in [2.05, 4.69) is 16.0 Å². The number of urea groups is 1. The summed E-state index contributed by atoms with van der Waals surface area (Å²) in [5, 5.41) is 9.41. The minimum absolute atomic E-state index is 0.0224. The number of nitrogens with one attached hydrogen (secondary N) is 3. The molecule has 154 valence electrons. The number of amides is 3. The maximum Gasteiger partial charge on any atom is 0.317 e. The van der Waals surface area contributed by atoms with Gasteiger partial charge in [-0.25, -0.2) is 4.79 Å². The van der Waals surface area contributed by atoms with E-state index >= 15 is 0 Å². The number of likely N-dealkylation sites (tertiary alicyclic amines) is 1. The molecule has 2 aliphatic rings. The van der Waals surface area contributed by atoms with Crippen molar-refractivity contribution in [1.29, 1.82) is 0 Å². The summed E-state index contributed by atoms with van der Waals surface area (Å²) in [6.45, 7) is 2.01. The molecular formula is C20H30N4O4. The first-order valence-corrected chi connectivity index (χ1v) is 9.89. The predicted molar refractivity (Wildman–Crippen MR) is 107 cm³/mol. The molecule has 8 nitrogen and oxygen atoms in total. The molecule has 1 aromatic rings. The van der Waals surface area contributed by atoms with Gasteiger partial charge in [0, 0.05) is 62.0 Å². The fourth-order valence-corrected chi connectivity index (χ4v) is 3.71. The molecule has 2 fully saturated rings. The summed E-state index contributed by atoms with van der Waals surface area (Å²) < 4.78 is 10.6. The van der Waals surface area contributed by atoms with E-state index in [0.717, 1.165) is 42.9 Å². The molecule has 2 heterocycles. The zero-order chi connectivity index (χ0) is 19.9. The minimum atomic E-state index is -0.0224. The third-order valence-corrected chi connectivity index (χ3v) is 5.36. The molecule has 3 amide bonds. The summed E-state index contributed by atoms with van der Waals surface area (Å²) in [5.74, 6) is 1.61. The molecule has 0 aromatic heterocycles. The van der Waals surface area contributed by atoms with E-state index in [4.69, 9.17) is 9.47 Å². The Hall–Kier alpha value is -2.64. The van der Waals surface area contributed by atoms with Crippen molar-refractivity contribution in [2.24, 2.45) is 0 Å². The van der Waals surface area contributed by atoms with Gasteiger partial charge >= 0.3 is 6.03 Å². The van der Waals surface area contributed by atoms with E-state index in [1.165, 1.54) is 0 Å². The molecule has 3 N–H and O–H groups in total. The highest BCUT2D eigenvalue weighted by molar-refractivity contribution is 5.78. The number of ether oxygens (including phenoxy) is 2. The molecule has 0 bridgehead atoms. The van der Waals surface area contributed by atoms with Gasteiger partial charge in [0.1, 0.15) is 11.5 Å². The Kier molecular flexibility index (Phi) is 6.84. The highest BCUT2D eigenvalue weighted by Gasteiger charge is 2.24. The maximum absolute atomic E-state index is 12.3. The van der Waals surface area contributed by atoms with Gasteiger partial charge in [-0.05, 0) is 25.7 Å². The SMILES string of the molecule is COc1cc(NC2CCN(C(=O)NCCC3CCC(=O)N3)CC2)cc(OC)c1. The van der Waals surface area contributed by atoms with Crippen LogP contribution in [0.3, 0.4) is 0 Å².